The van der Waals surface area contributed by atoms with Crippen LogP contribution in [0.1, 0.15) is 17.8 Å². The fourth-order valence-electron chi connectivity index (χ4n) is 0.921. The lowest BCUT2D eigenvalue weighted by Crippen LogP contribution is -1.99. The van der Waals surface area contributed by atoms with Gasteiger partial charge in [-0.1, -0.05) is 0 Å². The van der Waals surface area contributed by atoms with Crippen LogP contribution in [0.25, 0.3) is 0 Å². The van der Waals surface area contributed by atoms with Gasteiger partial charge in [0, 0.05) is 0 Å². The second kappa shape index (κ2) is 4.13. The monoisotopic (exact) mass is 189 g/mol. The van der Waals surface area contributed by atoms with Gasteiger partial charge in [-0.25, -0.2) is 13.8 Å². The number of hydrogen-bond donors (Lipinski definition) is 1. The average Bonchev–Trinajstić information content (AvgIpc) is 2.16. The van der Waals surface area contributed by atoms with Gasteiger partial charge in [0.05, 0.1) is 19.4 Å². The van der Waals surface area contributed by atoms with E-state index in [0.29, 0.717) is 0 Å². The average molecular weight is 189 g/mol. The van der Waals surface area contributed by atoms with E-state index in [1.54, 1.807) is 0 Å². The Morgan fingerprint density at radius 3 is 2.69 bits per heavy atom. The van der Waals surface area contributed by atoms with Crippen molar-refractivity contribution in [2.45, 2.75) is 13.0 Å². The quantitative estimate of drug-likeness (QED) is 0.783. The first-order valence-corrected chi connectivity index (χ1v) is 3.62. The van der Waals surface area contributed by atoms with E-state index in [0.717, 1.165) is 0 Å². The molecule has 0 aromatic carbocycles. The summed E-state index contributed by atoms with van der Waals surface area (Å²) in [6.07, 6.45) is -2.69. The largest absolute Gasteiger partial charge is 0.495 e. The van der Waals surface area contributed by atoms with Crippen LogP contribution in [-0.2, 0) is 6.61 Å². The van der Waals surface area contributed by atoms with Crippen LogP contribution in [-0.4, -0.2) is 17.2 Å². The van der Waals surface area contributed by atoms with Gasteiger partial charge < -0.3 is 9.84 Å². The van der Waals surface area contributed by atoms with Crippen molar-refractivity contribution < 1.29 is 18.6 Å². The summed E-state index contributed by atoms with van der Waals surface area (Å²) in [5, 5.41) is 8.66. The fraction of sp³-hybridized carbons (Fsp3) is 0.375. The molecule has 13 heavy (non-hydrogen) atoms. The van der Waals surface area contributed by atoms with E-state index in [9.17, 15) is 8.78 Å². The molecule has 0 aliphatic heterocycles. The number of aliphatic hydroxyl groups excluding tert-OH is 1. The summed E-state index contributed by atoms with van der Waals surface area (Å²) in [6.45, 7) is -0.357. The summed E-state index contributed by atoms with van der Waals surface area (Å²) >= 11 is 0. The SMILES string of the molecule is COc1ccc(CO)nc1C(F)F. The first-order valence-electron chi connectivity index (χ1n) is 3.62. The number of ether oxygens (including phenoxy) is 1. The van der Waals surface area contributed by atoms with Gasteiger partial charge >= 0.3 is 0 Å². The fourth-order valence-corrected chi connectivity index (χ4v) is 0.921. The van der Waals surface area contributed by atoms with Crippen LogP contribution in [0.3, 0.4) is 0 Å². The molecule has 0 saturated heterocycles. The Morgan fingerprint density at radius 1 is 1.54 bits per heavy atom. The Bertz CT molecular complexity index is 291. The minimum atomic E-state index is -2.69. The minimum Gasteiger partial charge on any atom is -0.495 e. The molecule has 0 atom stereocenters. The molecule has 0 fully saturated rings. The summed E-state index contributed by atoms with van der Waals surface area (Å²) in [6, 6.07) is 2.80. The third kappa shape index (κ3) is 2.12. The first-order chi connectivity index (χ1) is 6.19. The summed E-state index contributed by atoms with van der Waals surface area (Å²) < 4.78 is 29.3. The van der Waals surface area contributed by atoms with Crippen molar-refractivity contribution in [2.24, 2.45) is 0 Å². The van der Waals surface area contributed by atoms with Crippen LogP contribution in [0.15, 0.2) is 12.1 Å². The van der Waals surface area contributed by atoms with Crippen LogP contribution in [0.4, 0.5) is 8.78 Å². The van der Waals surface area contributed by atoms with Crippen LogP contribution in [0.2, 0.25) is 0 Å². The van der Waals surface area contributed by atoms with Gasteiger partial charge in [-0.2, -0.15) is 0 Å². The third-order valence-electron chi connectivity index (χ3n) is 1.53. The summed E-state index contributed by atoms with van der Waals surface area (Å²) in [5.41, 5.74) is -0.231. The van der Waals surface area contributed by atoms with Gasteiger partial charge in [-0.3, -0.25) is 0 Å². The van der Waals surface area contributed by atoms with Crippen LogP contribution < -0.4 is 4.74 Å². The molecule has 0 aliphatic carbocycles. The zero-order chi connectivity index (χ0) is 9.84. The molecule has 3 nitrogen and oxygen atoms in total. The highest BCUT2D eigenvalue weighted by atomic mass is 19.3. The number of aliphatic hydroxyl groups is 1. The smallest absolute Gasteiger partial charge is 0.284 e. The van der Waals surface area contributed by atoms with E-state index in [1.807, 2.05) is 0 Å². The van der Waals surface area contributed by atoms with Gasteiger partial charge in [0.2, 0.25) is 0 Å². The van der Waals surface area contributed by atoms with E-state index < -0.39 is 12.1 Å². The zero-order valence-electron chi connectivity index (χ0n) is 7.00. The molecule has 1 heterocycles. The number of pyridine rings is 1. The standard InChI is InChI=1S/C8H9F2NO2/c1-13-6-3-2-5(4-12)11-7(6)8(9)10/h2-3,8,12H,4H2,1H3. The second-order valence-corrected chi connectivity index (χ2v) is 2.35. The molecule has 1 aromatic heterocycles. The highest BCUT2D eigenvalue weighted by molar-refractivity contribution is 5.30. The van der Waals surface area contributed by atoms with E-state index in [4.69, 9.17) is 5.11 Å². The molecule has 1 N–H and O–H groups in total. The van der Waals surface area contributed by atoms with E-state index in [1.165, 1.54) is 19.2 Å². The predicted molar refractivity (Wildman–Crippen MR) is 41.7 cm³/mol. The second-order valence-electron chi connectivity index (χ2n) is 2.35. The normalized spacial score (nSPS) is 10.5. The molecular weight excluding hydrogens is 180 g/mol. The summed E-state index contributed by atoms with van der Waals surface area (Å²) in [5.74, 6) is 0.0344. The molecule has 72 valence electrons. The minimum absolute atomic E-state index is 0.0344. The Labute approximate surface area is 74.0 Å². The number of nitrogens with zero attached hydrogens (tertiary/aromatic N) is 1. The van der Waals surface area contributed by atoms with Gasteiger partial charge in [-0.15, -0.1) is 0 Å². The number of rotatable bonds is 3. The van der Waals surface area contributed by atoms with Gasteiger partial charge in [0.25, 0.3) is 6.43 Å². The van der Waals surface area contributed by atoms with Crippen LogP contribution >= 0.6 is 0 Å². The molecule has 1 rings (SSSR count). The predicted octanol–water partition coefficient (Wildman–Crippen LogP) is 1.52. The maximum Gasteiger partial charge on any atom is 0.284 e. The molecule has 0 amide bonds. The molecule has 0 unspecified atom stereocenters. The molecule has 0 bridgehead atoms. The Kier molecular flexibility index (Phi) is 3.13. The molecule has 1 aromatic rings. The lowest BCUT2D eigenvalue weighted by Gasteiger charge is -2.07. The van der Waals surface area contributed by atoms with E-state index >= 15 is 0 Å². The van der Waals surface area contributed by atoms with Gasteiger partial charge in [-0.05, 0) is 12.1 Å². The van der Waals surface area contributed by atoms with Crippen LogP contribution in [0, 0.1) is 0 Å². The lowest BCUT2D eigenvalue weighted by atomic mass is 10.3. The molecule has 0 saturated carbocycles. The van der Waals surface area contributed by atoms with Crippen molar-refractivity contribution in [1.82, 2.24) is 4.98 Å². The number of aromatic nitrogens is 1. The van der Waals surface area contributed by atoms with Gasteiger partial charge in [0.15, 0.2) is 0 Å². The number of halogens is 2. The zero-order valence-corrected chi connectivity index (χ0v) is 7.00. The maximum atomic E-state index is 12.3. The number of hydrogen-bond acceptors (Lipinski definition) is 3. The van der Waals surface area contributed by atoms with Gasteiger partial charge in [0.1, 0.15) is 11.4 Å². The van der Waals surface area contributed by atoms with Crippen molar-refractivity contribution in [3.8, 4) is 5.75 Å². The topological polar surface area (TPSA) is 42.4 Å². The first kappa shape index (κ1) is 9.85. The molecule has 0 radical (unpaired) electrons. The summed E-state index contributed by atoms with van der Waals surface area (Å²) in [7, 11) is 1.29. The Balaban J connectivity index is 3.10. The van der Waals surface area contributed by atoms with Crippen LogP contribution in [0.5, 0.6) is 5.75 Å². The number of methoxy groups -OCH3 is 1. The highest BCUT2D eigenvalue weighted by Gasteiger charge is 2.15. The molecular formula is C8H9F2NO2. The van der Waals surface area contributed by atoms with Crippen molar-refractivity contribution in [2.75, 3.05) is 7.11 Å². The Morgan fingerprint density at radius 2 is 2.23 bits per heavy atom. The van der Waals surface area contributed by atoms with Crippen molar-refractivity contribution in [3.05, 3.63) is 23.5 Å². The molecule has 5 heteroatoms. The lowest BCUT2D eigenvalue weighted by molar-refractivity contribution is 0.140. The molecule has 0 spiro atoms. The summed E-state index contributed by atoms with van der Waals surface area (Å²) in [4.78, 5) is 3.54. The maximum absolute atomic E-state index is 12.3. The Hall–Kier alpha value is -1.23. The number of alkyl halides is 2. The van der Waals surface area contributed by atoms with Crippen molar-refractivity contribution in [3.63, 3.8) is 0 Å². The van der Waals surface area contributed by atoms with E-state index in [-0.39, 0.29) is 18.1 Å². The van der Waals surface area contributed by atoms with E-state index in [2.05, 4.69) is 9.72 Å². The molecule has 0 aliphatic rings. The highest BCUT2D eigenvalue weighted by Crippen LogP contribution is 2.26. The van der Waals surface area contributed by atoms with Crippen molar-refractivity contribution in [1.29, 1.82) is 0 Å². The van der Waals surface area contributed by atoms with Crippen molar-refractivity contribution >= 4 is 0 Å². The third-order valence-corrected chi connectivity index (χ3v) is 1.53.